The van der Waals surface area contributed by atoms with Gasteiger partial charge in [-0.2, -0.15) is 0 Å². The maximum atomic E-state index is 7.54. The molecule has 0 spiro atoms. The van der Waals surface area contributed by atoms with E-state index >= 15 is 0 Å². The van der Waals surface area contributed by atoms with Gasteiger partial charge in [-0.25, -0.2) is 0 Å². The fourth-order valence-electron chi connectivity index (χ4n) is 2.48. The highest BCUT2D eigenvalue weighted by Gasteiger charge is 2.31. The molecule has 14 heavy (non-hydrogen) atoms. The van der Waals surface area contributed by atoms with Crippen LogP contribution in [0.2, 0.25) is 0 Å². The van der Waals surface area contributed by atoms with Crippen molar-refractivity contribution in [1.29, 1.82) is 5.41 Å². The Morgan fingerprint density at radius 3 is 2.29 bits per heavy atom. The molecule has 2 aliphatic rings. The van der Waals surface area contributed by atoms with Crippen molar-refractivity contribution in [1.82, 2.24) is 4.90 Å². The average molecular weight is 195 g/mol. The lowest BCUT2D eigenvalue weighted by Crippen LogP contribution is -2.41. The summed E-state index contributed by atoms with van der Waals surface area (Å²) in [7, 11) is 0. The van der Waals surface area contributed by atoms with Gasteiger partial charge in [-0.1, -0.05) is 19.3 Å². The van der Waals surface area contributed by atoms with Gasteiger partial charge in [-0.3, -0.25) is 5.41 Å². The van der Waals surface area contributed by atoms with Gasteiger partial charge in [0.1, 0.15) is 0 Å². The van der Waals surface area contributed by atoms with E-state index < -0.39 is 0 Å². The van der Waals surface area contributed by atoms with Crippen molar-refractivity contribution >= 4 is 5.96 Å². The van der Waals surface area contributed by atoms with E-state index in [2.05, 4.69) is 4.90 Å². The van der Waals surface area contributed by atoms with Crippen LogP contribution >= 0.6 is 0 Å². The molecular weight excluding hydrogens is 174 g/mol. The van der Waals surface area contributed by atoms with Gasteiger partial charge in [0.25, 0.3) is 0 Å². The second-order valence-electron chi connectivity index (χ2n) is 4.77. The minimum atomic E-state index is 0.290. The van der Waals surface area contributed by atoms with E-state index in [1.807, 2.05) is 0 Å². The maximum Gasteiger partial charge on any atom is 0.188 e. The normalized spacial score (nSPS) is 23.4. The van der Waals surface area contributed by atoms with E-state index in [9.17, 15) is 0 Å². The van der Waals surface area contributed by atoms with Gasteiger partial charge >= 0.3 is 0 Å². The molecule has 80 valence electrons. The van der Waals surface area contributed by atoms with Crippen LogP contribution in [0.25, 0.3) is 0 Å². The number of hydrogen-bond acceptors (Lipinski definition) is 1. The minimum Gasteiger partial charge on any atom is -0.370 e. The molecule has 2 saturated carbocycles. The topological polar surface area (TPSA) is 53.1 Å². The first-order chi connectivity index (χ1) is 6.77. The maximum absolute atomic E-state index is 7.54. The van der Waals surface area contributed by atoms with Crippen molar-refractivity contribution in [2.24, 2.45) is 11.7 Å². The highest BCUT2D eigenvalue weighted by molar-refractivity contribution is 5.75. The van der Waals surface area contributed by atoms with Gasteiger partial charge in [0.2, 0.25) is 0 Å². The first kappa shape index (κ1) is 9.81. The molecule has 0 aliphatic heterocycles. The molecule has 2 fully saturated rings. The molecule has 3 nitrogen and oxygen atoms in total. The van der Waals surface area contributed by atoms with E-state index in [1.165, 1.54) is 44.9 Å². The molecule has 0 amide bonds. The summed E-state index contributed by atoms with van der Waals surface area (Å²) in [6.07, 6.45) is 9.33. The third-order valence-electron chi connectivity index (χ3n) is 3.48. The van der Waals surface area contributed by atoms with Crippen molar-refractivity contribution < 1.29 is 0 Å². The Balaban J connectivity index is 1.82. The second-order valence-corrected chi connectivity index (χ2v) is 4.77. The Hall–Kier alpha value is -0.730. The van der Waals surface area contributed by atoms with Gasteiger partial charge in [-0.15, -0.1) is 0 Å². The summed E-state index contributed by atoms with van der Waals surface area (Å²) in [4.78, 5) is 2.12. The first-order valence-electron chi connectivity index (χ1n) is 5.88. The number of rotatable bonds is 3. The molecule has 0 radical (unpaired) electrons. The number of guanidine groups is 1. The zero-order valence-electron chi connectivity index (χ0n) is 8.84. The summed E-state index contributed by atoms with van der Waals surface area (Å²) in [5, 5.41) is 7.54. The molecule has 0 aromatic rings. The third kappa shape index (κ3) is 2.40. The van der Waals surface area contributed by atoms with Crippen LogP contribution < -0.4 is 5.73 Å². The number of nitrogens with zero attached hydrogens (tertiary/aromatic N) is 1. The molecule has 3 heteroatoms. The van der Waals surface area contributed by atoms with Gasteiger partial charge in [-0.05, 0) is 31.6 Å². The summed E-state index contributed by atoms with van der Waals surface area (Å²) < 4.78 is 0. The highest BCUT2D eigenvalue weighted by Crippen LogP contribution is 2.30. The Morgan fingerprint density at radius 2 is 1.79 bits per heavy atom. The summed E-state index contributed by atoms with van der Waals surface area (Å²) >= 11 is 0. The second kappa shape index (κ2) is 4.20. The Morgan fingerprint density at radius 1 is 1.14 bits per heavy atom. The van der Waals surface area contributed by atoms with Gasteiger partial charge < -0.3 is 10.6 Å². The Bertz CT molecular complexity index is 205. The Labute approximate surface area is 86.2 Å². The first-order valence-corrected chi connectivity index (χ1v) is 5.88. The molecule has 0 atom stereocenters. The quantitative estimate of drug-likeness (QED) is 0.534. The fourth-order valence-corrected chi connectivity index (χ4v) is 2.48. The molecule has 0 aromatic heterocycles. The molecule has 0 saturated heterocycles. The zero-order chi connectivity index (χ0) is 9.97. The molecule has 0 unspecified atom stereocenters. The molecule has 2 aliphatic carbocycles. The van der Waals surface area contributed by atoms with Gasteiger partial charge in [0.05, 0.1) is 0 Å². The van der Waals surface area contributed by atoms with Gasteiger partial charge in [0, 0.05) is 12.6 Å². The smallest absolute Gasteiger partial charge is 0.188 e. The van der Waals surface area contributed by atoms with Crippen molar-refractivity contribution in [2.75, 3.05) is 6.54 Å². The largest absolute Gasteiger partial charge is 0.370 e. The molecule has 2 rings (SSSR count). The summed E-state index contributed by atoms with van der Waals surface area (Å²) in [5.41, 5.74) is 5.60. The number of nitrogens with one attached hydrogen (secondary N) is 1. The van der Waals surface area contributed by atoms with Crippen LogP contribution in [0, 0.1) is 11.3 Å². The number of nitrogens with two attached hydrogens (primary N) is 1. The van der Waals surface area contributed by atoms with Crippen LogP contribution in [0.1, 0.15) is 44.9 Å². The number of hydrogen-bond donors (Lipinski definition) is 2. The monoisotopic (exact) mass is 195 g/mol. The highest BCUT2D eigenvalue weighted by atomic mass is 15.3. The predicted molar refractivity (Wildman–Crippen MR) is 58.2 cm³/mol. The lowest BCUT2D eigenvalue weighted by Gasteiger charge is -2.30. The summed E-state index contributed by atoms with van der Waals surface area (Å²) in [6.45, 7) is 1.04. The summed E-state index contributed by atoms with van der Waals surface area (Å²) in [6, 6.07) is 0.606. The van der Waals surface area contributed by atoms with Crippen molar-refractivity contribution in [3.8, 4) is 0 Å². The van der Waals surface area contributed by atoms with Crippen LogP contribution in [0.15, 0.2) is 0 Å². The van der Waals surface area contributed by atoms with E-state index in [4.69, 9.17) is 11.1 Å². The molecule has 0 heterocycles. The van der Waals surface area contributed by atoms with Crippen molar-refractivity contribution in [3.05, 3.63) is 0 Å². The average Bonchev–Trinajstić information content (AvgIpc) is 2.99. The third-order valence-corrected chi connectivity index (χ3v) is 3.48. The van der Waals surface area contributed by atoms with Gasteiger partial charge in [0.15, 0.2) is 5.96 Å². The Kier molecular flexibility index (Phi) is 2.94. The molecule has 0 bridgehead atoms. The molecule has 0 aromatic carbocycles. The lowest BCUT2D eigenvalue weighted by molar-refractivity contribution is 0.266. The predicted octanol–water partition coefficient (Wildman–Crippen LogP) is 1.92. The van der Waals surface area contributed by atoms with Crippen LogP contribution in [-0.2, 0) is 0 Å². The van der Waals surface area contributed by atoms with Crippen LogP contribution in [0.4, 0.5) is 0 Å². The van der Waals surface area contributed by atoms with Crippen LogP contribution in [-0.4, -0.2) is 23.4 Å². The standard InChI is InChI=1S/C11H21N3/c12-11(13)14(10-6-7-10)8-9-4-2-1-3-5-9/h9-10H,1-8H2,(H3,12,13). The molecule has 3 N–H and O–H groups in total. The van der Waals surface area contributed by atoms with Crippen LogP contribution in [0.5, 0.6) is 0 Å². The SMILES string of the molecule is N=C(N)N(CC1CCCCC1)C1CC1. The van der Waals surface area contributed by atoms with Crippen molar-refractivity contribution in [3.63, 3.8) is 0 Å². The van der Waals surface area contributed by atoms with E-state index in [0.717, 1.165) is 12.5 Å². The molecular formula is C11H21N3. The minimum absolute atomic E-state index is 0.290. The van der Waals surface area contributed by atoms with Crippen molar-refractivity contribution in [2.45, 2.75) is 51.0 Å². The summed E-state index contributed by atoms with van der Waals surface area (Å²) in [5.74, 6) is 1.09. The lowest BCUT2D eigenvalue weighted by atomic mass is 9.89. The van der Waals surface area contributed by atoms with E-state index in [-0.39, 0.29) is 5.96 Å². The fraction of sp³-hybridized carbons (Fsp3) is 0.909. The van der Waals surface area contributed by atoms with E-state index in [1.54, 1.807) is 0 Å². The van der Waals surface area contributed by atoms with E-state index in [0.29, 0.717) is 6.04 Å². The zero-order valence-corrected chi connectivity index (χ0v) is 8.84. The van der Waals surface area contributed by atoms with Crippen LogP contribution in [0.3, 0.4) is 0 Å².